The van der Waals surface area contributed by atoms with Crippen molar-refractivity contribution in [1.82, 2.24) is 35.5 Å². The maximum absolute atomic E-state index is 14.6. The fourth-order valence-electron chi connectivity index (χ4n) is 7.45. The van der Waals surface area contributed by atoms with Gasteiger partial charge in [-0.15, -0.1) is 11.3 Å². The number of amides is 5. The molecule has 0 radical (unpaired) electrons. The van der Waals surface area contributed by atoms with Crippen molar-refractivity contribution in [2.24, 2.45) is 11.3 Å². The molecule has 4 N–H and O–H groups in total. The van der Waals surface area contributed by atoms with E-state index in [2.05, 4.69) is 16.0 Å². The Balaban J connectivity index is 1.19. The molecule has 4 fully saturated rings. The van der Waals surface area contributed by atoms with Gasteiger partial charge in [0.25, 0.3) is 5.91 Å². The first-order valence-electron chi connectivity index (χ1n) is 18.6. The van der Waals surface area contributed by atoms with Gasteiger partial charge in [0.05, 0.1) is 33.6 Å². The molecule has 0 spiro atoms. The highest BCUT2D eigenvalue weighted by molar-refractivity contribution is 7.91. The molecule has 2 aromatic heterocycles. The smallest absolute Gasteiger partial charge is 0.315 e. The van der Waals surface area contributed by atoms with Crippen molar-refractivity contribution in [3.63, 3.8) is 0 Å². The summed E-state index contributed by atoms with van der Waals surface area (Å²) in [6, 6.07) is 7.86. The lowest BCUT2D eigenvalue weighted by atomic mass is 9.85. The third-order valence-electron chi connectivity index (χ3n) is 10.8. The first-order valence-corrected chi connectivity index (χ1v) is 21.0. The van der Waals surface area contributed by atoms with E-state index in [1.54, 1.807) is 32.9 Å². The number of rotatable bonds is 12. The van der Waals surface area contributed by atoms with Gasteiger partial charge in [0.15, 0.2) is 0 Å². The van der Waals surface area contributed by atoms with Gasteiger partial charge in [-0.05, 0) is 61.1 Å². The van der Waals surface area contributed by atoms with E-state index in [0.717, 1.165) is 30.6 Å². The van der Waals surface area contributed by atoms with Gasteiger partial charge < -0.3 is 25.6 Å². The van der Waals surface area contributed by atoms with Crippen molar-refractivity contribution < 1.29 is 41.1 Å². The van der Waals surface area contributed by atoms with Crippen molar-refractivity contribution in [3.05, 3.63) is 41.8 Å². The minimum absolute atomic E-state index is 0.0354. The Hall–Kier alpha value is -4.45. The molecule has 7 rings (SSSR count). The van der Waals surface area contributed by atoms with Gasteiger partial charge in [-0.1, -0.05) is 51.8 Å². The molecular formula is C37H45F2N7O7S2. The first kappa shape index (κ1) is 38.8. The van der Waals surface area contributed by atoms with Crippen LogP contribution in [0.25, 0.3) is 21.6 Å². The number of urea groups is 1. The molecule has 5 amide bonds. The number of nitrogens with one attached hydrogen (secondary N) is 4. The standard InChI is InChI=1S/C37H45F2N7O7S2/c1-36(2,3)29(43-35(50)40-20-9-4-5-10-20)33(48)46-19-21(53-32-28(27-13-8-16-54-27)41-24-11-6-7-12-25(24)42-32)17-26(46)31(47)44-37(18-23(37)30(38)39)34(49)45-55(51,52)22-14-15-22/h6-8,11-13,16,20-23,26,29-30H,4-5,9-10,14-15,17-19H2,1-3H3,(H,44,47)(H,45,49)(H2,40,43,50)/t21-,23+,26?,29-,37-/m1/s1. The lowest BCUT2D eigenvalue weighted by Gasteiger charge is -2.35. The number of alkyl halides is 2. The zero-order chi connectivity index (χ0) is 39.3. The van der Waals surface area contributed by atoms with Gasteiger partial charge in [0, 0.05) is 12.5 Å². The molecule has 3 aliphatic carbocycles. The minimum Gasteiger partial charge on any atom is -0.471 e. The first-order chi connectivity index (χ1) is 26.1. The fraction of sp³-hybridized carbons (Fsp3) is 0.568. The summed E-state index contributed by atoms with van der Waals surface area (Å²) in [6.07, 6.45) is -0.288. The van der Waals surface area contributed by atoms with Crippen LogP contribution in [0.15, 0.2) is 41.8 Å². The fourth-order valence-corrected chi connectivity index (χ4v) is 9.52. The van der Waals surface area contributed by atoms with Gasteiger partial charge in [0.1, 0.15) is 29.4 Å². The second kappa shape index (κ2) is 14.9. The van der Waals surface area contributed by atoms with Crippen LogP contribution in [-0.2, 0) is 24.4 Å². The SMILES string of the molecule is CC(C)(C)[C@H](NC(=O)NC1CCCC1)C(=O)N1C[C@H](Oc2nc3ccccc3nc2-c2cccs2)CC1C(=O)N[C@]1(C(=O)NS(=O)(=O)C2CC2)C[C@H]1C(F)F. The molecular weight excluding hydrogens is 757 g/mol. The number of aromatic nitrogens is 2. The molecule has 296 valence electrons. The third-order valence-corrected chi connectivity index (χ3v) is 13.5. The average molecular weight is 802 g/mol. The van der Waals surface area contributed by atoms with Crippen molar-refractivity contribution in [2.45, 2.75) is 114 Å². The van der Waals surface area contributed by atoms with E-state index in [0.29, 0.717) is 29.6 Å². The summed E-state index contributed by atoms with van der Waals surface area (Å²) in [7, 11) is -4.13. The second-order valence-electron chi connectivity index (χ2n) is 16.0. The summed E-state index contributed by atoms with van der Waals surface area (Å²) in [5, 5.41) is 9.26. The molecule has 3 heterocycles. The Labute approximate surface area is 321 Å². The number of para-hydroxylation sites is 2. The summed E-state index contributed by atoms with van der Waals surface area (Å²) < 4.78 is 62.0. The molecule has 18 heteroatoms. The highest BCUT2D eigenvalue weighted by atomic mass is 32.2. The highest BCUT2D eigenvalue weighted by Gasteiger charge is 2.67. The number of sulfonamides is 1. The van der Waals surface area contributed by atoms with Gasteiger partial charge in [-0.3, -0.25) is 19.1 Å². The Bertz CT molecular complexity index is 2070. The summed E-state index contributed by atoms with van der Waals surface area (Å²) in [5.41, 5.74) is -1.44. The zero-order valence-corrected chi connectivity index (χ0v) is 32.4. The molecule has 4 aliphatic rings. The van der Waals surface area contributed by atoms with Crippen LogP contribution in [0, 0.1) is 11.3 Å². The Morgan fingerprint density at radius 3 is 2.29 bits per heavy atom. The van der Waals surface area contributed by atoms with Crippen LogP contribution in [-0.4, -0.2) is 95.0 Å². The topological polar surface area (TPSA) is 189 Å². The van der Waals surface area contributed by atoms with Crippen LogP contribution in [0.3, 0.4) is 0 Å². The van der Waals surface area contributed by atoms with Crippen LogP contribution in [0.5, 0.6) is 5.88 Å². The summed E-state index contributed by atoms with van der Waals surface area (Å²) in [6.45, 7) is 5.13. The number of halogens is 2. The second-order valence-corrected chi connectivity index (χ2v) is 18.9. The molecule has 3 aromatic rings. The number of ether oxygens (including phenoxy) is 1. The van der Waals surface area contributed by atoms with Gasteiger partial charge in [0.2, 0.25) is 34.1 Å². The van der Waals surface area contributed by atoms with E-state index in [-0.39, 0.29) is 24.9 Å². The summed E-state index contributed by atoms with van der Waals surface area (Å²) in [5.74, 6) is -4.30. The van der Waals surface area contributed by atoms with E-state index in [1.807, 2.05) is 34.4 Å². The number of thiophene rings is 1. The molecule has 1 aromatic carbocycles. The lowest BCUT2D eigenvalue weighted by Crippen LogP contribution is -2.61. The monoisotopic (exact) mass is 801 g/mol. The van der Waals surface area contributed by atoms with Crippen LogP contribution in [0.1, 0.15) is 72.1 Å². The molecule has 55 heavy (non-hydrogen) atoms. The normalized spacial score (nSPS) is 24.8. The zero-order valence-electron chi connectivity index (χ0n) is 30.7. The van der Waals surface area contributed by atoms with Crippen molar-refractivity contribution in [2.75, 3.05) is 6.54 Å². The highest BCUT2D eigenvalue weighted by Crippen LogP contribution is 2.48. The van der Waals surface area contributed by atoms with Gasteiger partial charge in [-0.2, -0.15) is 0 Å². The van der Waals surface area contributed by atoms with E-state index in [4.69, 9.17) is 14.7 Å². The maximum atomic E-state index is 14.6. The van der Waals surface area contributed by atoms with Crippen molar-refractivity contribution in [3.8, 4) is 16.5 Å². The number of nitrogens with zero attached hydrogens (tertiary/aromatic N) is 3. The number of benzene rings is 1. The Morgan fingerprint density at radius 1 is 1.00 bits per heavy atom. The molecule has 1 saturated heterocycles. The Morgan fingerprint density at radius 2 is 1.69 bits per heavy atom. The number of carbonyl (C=O) groups excluding carboxylic acids is 4. The number of hydrogen-bond donors (Lipinski definition) is 4. The summed E-state index contributed by atoms with van der Waals surface area (Å²) >= 11 is 1.42. The number of hydrogen-bond acceptors (Lipinski definition) is 10. The largest absolute Gasteiger partial charge is 0.471 e. The van der Waals surface area contributed by atoms with Crippen LogP contribution >= 0.6 is 11.3 Å². The molecule has 0 bridgehead atoms. The van der Waals surface area contributed by atoms with E-state index >= 15 is 0 Å². The van der Waals surface area contributed by atoms with E-state index in [9.17, 15) is 36.4 Å². The lowest BCUT2D eigenvalue weighted by molar-refractivity contribution is -0.142. The minimum atomic E-state index is -4.13. The third kappa shape index (κ3) is 8.25. The summed E-state index contributed by atoms with van der Waals surface area (Å²) in [4.78, 5) is 67.0. The number of fused-ring (bicyclic) bond motifs is 1. The van der Waals surface area contributed by atoms with E-state index < -0.39 is 86.9 Å². The van der Waals surface area contributed by atoms with E-state index in [1.165, 1.54) is 16.2 Å². The Kier molecular flexibility index (Phi) is 10.5. The van der Waals surface area contributed by atoms with Crippen LogP contribution in [0.4, 0.5) is 13.6 Å². The molecule has 3 saturated carbocycles. The quantitative estimate of drug-likeness (QED) is 0.209. The van der Waals surface area contributed by atoms with Gasteiger partial charge in [-0.25, -0.2) is 32.0 Å². The average Bonchev–Trinajstić information content (AvgIpc) is 3.90. The van der Waals surface area contributed by atoms with Crippen molar-refractivity contribution in [1.29, 1.82) is 0 Å². The van der Waals surface area contributed by atoms with Crippen LogP contribution in [0.2, 0.25) is 0 Å². The predicted molar refractivity (Wildman–Crippen MR) is 200 cm³/mol. The number of likely N-dealkylation sites (tertiary alicyclic amines) is 1. The molecule has 5 atom stereocenters. The molecule has 14 nitrogen and oxygen atoms in total. The van der Waals surface area contributed by atoms with Gasteiger partial charge >= 0.3 is 6.03 Å². The van der Waals surface area contributed by atoms with Crippen molar-refractivity contribution >= 4 is 56.1 Å². The maximum Gasteiger partial charge on any atom is 0.315 e. The number of carbonyl (C=O) groups is 4. The van der Waals surface area contributed by atoms with Crippen LogP contribution < -0.4 is 25.4 Å². The molecule has 1 unspecified atom stereocenters. The molecule has 1 aliphatic heterocycles. The predicted octanol–water partition coefficient (Wildman–Crippen LogP) is 4.11.